The second kappa shape index (κ2) is 6.34. The van der Waals surface area contributed by atoms with Crippen LogP contribution in [0, 0.1) is 0 Å². The molecular weight excluding hydrogens is 353 g/mol. The van der Waals surface area contributed by atoms with Crippen LogP contribution in [0.5, 0.6) is 0 Å². The molecular formula is C15H24FN3O3S2. The lowest BCUT2D eigenvalue weighted by molar-refractivity contribution is -0.117. The van der Waals surface area contributed by atoms with Crippen molar-refractivity contribution in [1.29, 1.82) is 0 Å². The summed E-state index contributed by atoms with van der Waals surface area (Å²) in [6.07, 6.45) is -1.00. The SMILES string of the molecule is CC(C)(C)c1cc(NC(=O)C(C)(C)S(=O)(=O)N2CC[C@@H](F)C2)sn1. The molecule has 136 valence electrons. The Labute approximate surface area is 146 Å². The molecule has 2 heterocycles. The number of nitrogens with zero attached hydrogens (tertiary/aromatic N) is 2. The van der Waals surface area contributed by atoms with E-state index >= 15 is 0 Å². The predicted molar refractivity (Wildman–Crippen MR) is 93.5 cm³/mol. The summed E-state index contributed by atoms with van der Waals surface area (Å²) in [5.41, 5.74) is 0.663. The van der Waals surface area contributed by atoms with E-state index in [4.69, 9.17) is 0 Å². The lowest BCUT2D eigenvalue weighted by atomic mass is 9.92. The highest BCUT2D eigenvalue weighted by Crippen LogP contribution is 2.30. The van der Waals surface area contributed by atoms with Crippen molar-refractivity contribution in [1.82, 2.24) is 8.68 Å². The molecule has 1 saturated heterocycles. The van der Waals surface area contributed by atoms with E-state index in [1.165, 1.54) is 13.8 Å². The van der Waals surface area contributed by atoms with Crippen molar-refractivity contribution in [3.05, 3.63) is 11.8 Å². The predicted octanol–water partition coefficient (Wildman–Crippen LogP) is 2.53. The number of sulfonamides is 1. The number of carbonyl (C=O) groups is 1. The smallest absolute Gasteiger partial charge is 0.247 e. The van der Waals surface area contributed by atoms with Crippen LogP contribution >= 0.6 is 11.5 Å². The van der Waals surface area contributed by atoms with Gasteiger partial charge in [-0.25, -0.2) is 12.8 Å². The third-order valence-electron chi connectivity index (χ3n) is 4.14. The number of carbonyl (C=O) groups excluding carboxylic acids is 1. The molecule has 1 fully saturated rings. The lowest BCUT2D eigenvalue weighted by Gasteiger charge is -2.28. The Morgan fingerprint density at radius 3 is 2.46 bits per heavy atom. The van der Waals surface area contributed by atoms with Crippen molar-refractivity contribution in [3.8, 4) is 0 Å². The van der Waals surface area contributed by atoms with Gasteiger partial charge in [0.05, 0.1) is 5.69 Å². The first-order valence-corrected chi connectivity index (χ1v) is 9.99. The number of amides is 1. The molecule has 24 heavy (non-hydrogen) atoms. The zero-order chi connectivity index (χ0) is 18.3. The quantitative estimate of drug-likeness (QED) is 0.874. The summed E-state index contributed by atoms with van der Waals surface area (Å²) in [5, 5.41) is 3.13. The van der Waals surface area contributed by atoms with Gasteiger partial charge in [0.1, 0.15) is 11.2 Å². The van der Waals surface area contributed by atoms with Gasteiger partial charge in [-0.05, 0) is 37.9 Å². The van der Waals surface area contributed by atoms with Gasteiger partial charge in [-0.15, -0.1) is 0 Å². The van der Waals surface area contributed by atoms with Crippen LogP contribution in [0.25, 0.3) is 0 Å². The summed E-state index contributed by atoms with van der Waals surface area (Å²) in [5.74, 6) is -0.645. The molecule has 0 aliphatic carbocycles. The number of rotatable bonds is 4. The monoisotopic (exact) mass is 377 g/mol. The molecule has 0 radical (unpaired) electrons. The first kappa shape index (κ1) is 19.3. The molecule has 0 bridgehead atoms. The molecule has 0 saturated carbocycles. The van der Waals surface area contributed by atoms with E-state index in [0.717, 1.165) is 21.5 Å². The summed E-state index contributed by atoms with van der Waals surface area (Å²) in [7, 11) is -3.95. The highest BCUT2D eigenvalue weighted by molar-refractivity contribution is 7.91. The Bertz CT molecular complexity index is 723. The van der Waals surface area contributed by atoms with Gasteiger partial charge in [0.25, 0.3) is 0 Å². The second-order valence-corrected chi connectivity index (χ2v) is 10.8. The fourth-order valence-electron chi connectivity index (χ4n) is 2.30. The Morgan fingerprint density at radius 2 is 2.00 bits per heavy atom. The van der Waals surface area contributed by atoms with E-state index in [2.05, 4.69) is 9.69 Å². The van der Waals surface area contributed by atoms with Crippen LogP contribution in [0.2, 0.25) is 0 Å². The van der Waals surface area contributed by atoms with E-state index in [-0.39, 0.29) is 24.9 Å². The summed E-state index contributed by atoms with van der Waals surface area (Å²) >= 11 is 1.11. The maximum absolute atomic E-state index is 13.3. The Kier molecular flexibility index (Phi) is 5.09. The molecule has 0 spiro atoms. The fraction of sp³-hybridized carbons (Fsp3) is 0.733. The Balaban J connectivity index is 2.17. The second-order valence-electron chi connectivity index (χ2n) is 7.54. The first-order valence-electron chi connectivity index (χ1n) is 7.78. The number of anilines is 1. The zero-order valence-electron chi connectivity index (χ0n) is 14.6. The molecule has 2 rings (SSSR count). The van der Waals surface area contributed by atoms with E-state index in [9.17, 15) is 17.6 Å². The van der Waals surface area contributed by atoms with Gasteiger partial charge < -0.3 is 5.32 Å². The van der Waals surface area contributed by atoms with Gasteiger partial charge in [-0.1, -0.05) is 20.8 Å². The molecule has 1 aromatic heterocycles. The van der Waals surface area contributed by atoms with Crippen LogP contribution in [0.1, 0.15) is 46.7 Å². The maximum atomic E-state index is 13.3. The van der Waals surface area contributed by atoms with Crippen LogP contribution in [-0.4, -0.2) is 47.0 Å². The standard InChI is InChI=1S/C15H24FN3O3S2/c1-14(2,3)11-8-12(23-18-11)17-13(20)15(4,5)24(21,22)19-7-6-10(16)9-19/h8,10H,6-7,9H2,1-5H3,(H,17,20)/t10-/m1/s1. The Morgan fingerprint density at radius 1 is 1.38 bits per heavy atom. The van der Waals surface area contributed by atoms with Crippen LogP contribution < -0.4 is 5.32 Å². The van der Waals surface area contributed by atoms with Crippen molar-refractivity contribution in [2.45, 2.75) is 57.4 Å². The number of halogens is 1. The van der Waals surface area contributed by atoms with E-state index in [1.807, 2.05) is 20.8 Å². The average Bonchev–Trinajstić information content (AvgIpc) is 3.07. The van der Waals surface area contributed by atoms with Gasteiger partial charge in [-0.3, -0.25) is 4.79 Å². The van der Waals surface area contributed by atoms with Gasteiger partial charge in [0.2, 0.25) is 15.9 Å². The normalized spacial score (nSPS) is 20.3. The van der Waals surface area contributed by atoms with Crippen molar-refractivity contribution < 1.29 is 17.6 Å². The van der Waals surface area contributed by atoms with Gasteiger partial charge in [-0.2, -0.15) is 8.68 Å². The fourth-order valence-corrected chi connectivity index (χ4v) is 4.76. The van der Waals surface area contributed by atoms with Crippen LogP contribution in [0.3, 0.4) is 0 Å². The first-order chi connectivity index (χ1) is 10.9. The van der Waals surface area contributed by atoms with Crippen molar-refractivity contribution in [2.24, 2.45) is 0 Å². The third kappa shape index (κ3) is 3.62. The van der Waals surface area contributed by atoms with E-state index in [0.29, 0.717) is 5.00 Å². The summed E-state index contributed by atoms with van der Waals surface area (Å²) in [4.78, 5) is 12.5. The molecule has 6 nitrogen and oxygen atoms in total. The summed E-state index contributed by atoms with van der Waals surface area (Å²) < 4.78 is 42.4. The minimum Gasteiger partial charge on any atom is -0.315 e. The molecule has 9 heteroatoms. The molecule has 1 aliphatic heterocycles. The highest BCUT2D eigenvalue weighted by Gasteiger charge is 2.47. The van der Waals surface area contributed by atoms with E-state index in [1.54, 1.807) is 6.07 Å². The number of alkyl halides is 1. The Hall–Kier alpha value is -1.06. The van der Waals surface area contributed by atoms with Crippen LogP contribution in [0.4, 0.5) is 9.39 Å². The summed E-state index contributed by atoms with van der Waals surface area (Å²) in [6, 6.07) is 1.75. The number of aromatic nitrogens is 1. The van der Waals surface area contributed by atoms with Crippen molar-refractivity contribution >= 4 is 32.5 Å². The topological polar surface area (TPSA) is 79.4 Å². The molecule has 1 atom stereocenters. The molecule has 0 aromatic carbocycles. The van der Waals surface area contributed by atoms with Gasteiger partial charge in [0.15, 0.2) is 4.75 Å². The van der Waals surface area contributed by atoms with Crippen molar-refractivity contribution in [3.63, 3.8) is 0 Å². The van der Waals surface area contributed by atoms with Gasteiger partial charge >= 0.3 is 0 Å². The number of hydrogen-bond donors (Lipinski definition) is 1. The third-order valence-corrected chi connectivity index (χ3v) is 7.33. The molecule has 1 amide bonds. The maximum Gasteiger partial charge on any atom is 0.247 e. The molecule has 1 N–H and O–H groups in total. The van der Waals surface area contributed by atoms with Crippen molar-refractivity contribution in [2.75, 3.05) is 18.4 Å². The van der Waals surface area contributed by atoms with E-state index < -0.39 is 26.8 Å². The minimum absolute atomic E-state index is 0.106. The highest BCUT2D eigenvalue weighted by atomic mass is 32.2. The van der Waals surface area contributed by atoms with Gasteiger partial charge in [0, 0.05) is 18.5 Å². The molecule has 1 aliphatic rings. The molecule has 0 unspecified atom stereocenters. The number of nitrogens with one attached hydrogen (secondary N) is 1. The number of hydrogen-bond acceptors (Lipinski definition) is 5. The minimum atomic E-state index is -3.95. The average molecular weight is 378 g/mol. The van der Waals surface area contributed by atoms with Crippen LogP contribution in [0.15, 0.2) is 6.07 Å². The summed E-state index contributed by atoms with van der Waals surface area (Å²) in [6.45, 7) is 8.61. The molecule has 1 aromatic rings. The largest absolute Gasteiger partial charge is 0.315 e. The van der Waals surface area contributed by atoms with Crippen LogP contribution in [-0.2, 0) is 20.2 Å². The zero-order valence-corrected chi connectivity index (χ0v) is 16.2. The lowest BCUT2D eigenvalue weighted by Crippen LogP contribution is -2.51.